The fraction of sp³-hybridized carbons (Fsp3) is 0.524. The SMILES string of the molecule is CC(C)c1nc2c(c(N3CCOCC3)n1)CN(Cc1ccccc1)CC2. The van der Waals surface area contributed by atoms with E-state index in [2.05, 4.69) is 54.0 Å². The van der Waals surface area contributed by atoms with Crippen molar-refractivity contribution in [3.8, 4) is 0 Å². The van der Waals surface area contributed by atoms with Gasteiger partial charge in [0.2, 0.25) is 0 Å². The molecule has 5 heteroatoms. The highest BCUT2D eigenvalue weighted by molar-refractivity contribution is 5.51. The van der Waals surface area contributed by atoms with Crippen LogP contribution >= 0.6 is 0 Å². The number of morpholine rings is 1. The van der Waals surface area contributed by atoms with Gasteiger partial charge in [0.1, 0.15) is 11.6 Å². The minimum atomic E-state index is 0.349. The molecule has 0 aliphatic carbocycles. The van der Waals surface area contributed by atoms with E-state index < -0.39 is 0 Å². The third kappa shape index (κ3) is 3.74. The van der Waals surface area contributed by atoms with E-state index in [-0.39, 0.29) is 0 Å². The van der Waals surface area contributed by atoms with Gasteiger partial charge in [0.15, 0.2) is 0 Å². The van der Waals surface area contributed by atoms with E-state index in [4.69, 9.17) is 14.7 Å². The van der Waals surface area contributed by atoms with Crippen molar-refractivity contribution in [1.29, 1.82) is 0 Å². The lowest BCUT2D eigenvalue weighted by molar-refractivity contribution is 0.122. The molecule has 0 amide bonds. The van der Waals surface area contributed by atoms with Crippen LogP contribution in [0.3, 0.4) is 0 Å². The van der Waals surface area contributed by atoms with Gasteiger partial charge in [-0.25, -0.2) is 9.97 Å². The van der Waals surface area contributed by atoms with Gasteiger partial charge in [0, 0.05) is 50.6 Å². The standard InChI is InChI=1S/C21H28N4O/c1-16(2)20-22-19-8-9-24(14-17-6-4-3-5-7-17)15-18(19)21(23-20)25-10-12-26-13-11-25/h3-7,16H,8-15H2,1-2H3. The number of nitrogens with zero attached hydrogens (tertiary/aromatic N) is 4. The number of benzene rings is 1. The summed E-state index contributed by atoms with van der Waals surface area (Å²) in [6, 6.07) is 10.7. The molecule has 0 spiro atoms. The molecule has 0 bridgehead atoms. The lowest BCUT2D eigenvalue weighted by Gasteiger charge is -2.35. The highest BCUT2D eigenvalue weighted by atomic mass is 16.5. The Hall–Kier alpha value is -1.98. The van der Waals surface area contributed by atoms with Crippen LogP contribution in [0.5, 0.6) is 0 Å². The maximum Gasteiger partial charge on any atom is 0.137 e. The Morgan fingerprint density at radius 3 is 2.54 bits per heavy atom. The first-order chi connectivity index (χ1) is 12.7. The maximum atomic E-state index is 5.55. The monoisotopic (exact) mass is 352 g/mol. The number of anilines is 1. The number of rotatable bonds is 4. The first kappa shape index (κ1) is 17.4. The molecule has 0 radical (unpaired) electrons. The third-order valence-corrected chi connectivity index (χ3v) is 5.21. The quantitative estimate of drug-likeness (QED) is 0.846. The topological polar surface area (TPSA) is 41.5 Å². The summed E-state index contributed by atoms with van der Waals surface area (Å²) in [4.78, 5) is 14.8. The van der Waals surface area contributed by atoms with Crippen LogP contribution in [0.25, 0.3) is 0 Å². The number of fused-ring (bicyclic) bond motifs is 1. The van der Waals surface area contributed by atoms with Crippen LogP contribution in [0, 0.1) is 0 Å². The molecule has 0 atom stereocenters. The van der Waals surface area contributed by atoms with E-state index in [1.54, 1.807) is 0 Å². The largest absolute Gasteiger partial charge is 0.378 e. The van der Waals surface area contributed by atoms with Gasteiger partial charge in [0.05, 0.1) is 18.9 Å². The molecule has 3 heterocycles. The van der Waals surface area contributed by atoms with Crippen molar-refractivity contribution >= 4 is 5.82 Å². The predicted octanol–water partition coefficient (Wildman–Crippen LogP) is 2.99. The molecule has 2 aliphatic rings. The second-order valence-corrected chi connectivity index (χ2v) is 7.53. The summed E-state index contributed by atoms with van der Waals surface area (Å²) in [6.07, 6.45) is 1.00. The molecule has 4 rings (SSSR count). The highest BCUT2D eigenvalue weighted by Crippen LogP contribution is 2.29. The molecule has 2 aromatic rings. The van der Waals surface area contributed by atoms with Crippen molar-refractivity contribution < 1.29 is 4.74 Å². The van der Waals surface area contributed by atoms with Crippen LogP contribution < -0.4 is 4.90 Å². The first-order valence-corrected chi connectivity index (χ1v) is 9.69. The van der Waals surface area contributed by atoms with Crippen LogP contribution in [0.15, 0.2) is 30.3 Å². The zero-order valence-corrected chi connectivity index (χ0v) is 15.8. The summed E-state index contributed by atoms with van der Waals surface area (Å²) < 4.78 is 5.55. The molecule has 138 valence electrons. The molecule has 1 aromatic carbocycles. The Morgan fingerprint density at radius 1 is 1.04 bits per heavy atom. The summed E-state index contributed by atoms with van der Waals surface area (Å²) in [6.45, 7) is 10.7. The number of hydrogen-bond acceptors (Lipinski definition) is 5. The van der Waals surface area contributed by atoms with Gasteiger partial charge >= 0.3 is 0 Å². The van der Waals surface area contributed by atoms with Crippen LogP contribution in [-0.4, -0.2) is 47.7 Å². The Balaban J connectivity index is 1.63. The second kappa shape index (κ2) is 7.72. The molecule has 0 unspecified atom stereocenters. The summed E-state index contributed by atoms with van der Waals surface area (Å²) in [5, 5.41) is 0. The minimum absolute atomic E-state index is 0.349. The third-order valence-electron chi connectivity index (χ3n) is 5.21. The van der Waals surface area contributed by atoms with E-state index >= 15 is 0 Å². The smallest absolute Gasteiger partial charge is 0.137 e. The zero-order chi connectivity index (χ0) is 17.9. The van der Waals surface area contributed by atoms with E-state index in [0.717, 1.165) is 64.0 Å². The summed E-state index contributed by atoms with van der Waals surface area (Å²) in [7, 11) is 0. The fourth-order valence-electron chi connectivity index (χ4n) is 3.74. The Morgan fingerprint density at radius 2 is 1.81 bits per heavy atom. The van der Waals surface area contributed by atoms with E-state index in [0.29, 0.717) is 5.92 Å². The van der Waals surface area contributed by atoms with Gasteiger partial charge in [0.25, 0.3) is 0 Å². The van der Waals surface area contributed by atoms with Gasteiger partial charge in [-0.1, -0.05) is 44.2 Å². The van der Waals surface area contributed by atoms with Crippen LogP contribution in [-0.2, 0) is 24.2 Å². The Labute approximate surface area is 156 Å². The normalized spacial score (nSPS) is 18.2. The minimum Gasteiger partial charge on any atom is -0.378 e. The molecule has 0 saturated carbocycles. The summed E-state index contributed by atoms with van der Waals surface area (Å²) in [5.41, 5.74) is 3.93. The van der Waals surface area contributed by atoms with Gasteiger partial charge in [-0.2, -0.15) is 0 Å². The maximum absolute atomic E-state index is 5.55. The molecule has 2 aliphatic heterocycles. The first-order valence-electron chi connectivity index (χ1n) is 9.69. The molecular weight excluding hydrogens is 324 g/mol. The number of ether oxygens (including phenoxy) is 1. The Kier molecular flexibility index (Phi) is 5.18. The van der Waals surface area contributed by atoms with Crippen LogP contribution in [0.4, 0.5) is 5.82 Å². The molecule has 1 saturated heterocycles. The van der Waals surface area contributed by atoms with E-state index in [1.165, 1.54) is 16.8 Å². The van der Waals surface area contributed by atoms with Crippen molar-refractivity contribution in [2.45, 2.75) is 39.3 Å². The van der Waals surface area contributed by atoms with Crippen molar-refractivity contribution in [2.24, 2.45) is 0 Å². The zero-order valence-electron chi connectivity index (χ0n) is 15.8. The molecule has 5 nitrogen and oxygen atoms in total. The molecule has 0 N–H and O–H groups in total. The van der Waals surface area contributed by atoms with Crippen molar-refractivity contribution in [3.63, 3.8) is 0 Å². The average molecular weight is 352 g/mol. The fourth-order valence-corrected chi connectivity index (χ4v) is 3.74. The van der Waals surface area contributed by atoms with Crippen molar-refractivity contribution in [2.75, 3.05) is 37.7 Å². The number of hydrogen-bond donors (Lipinski definition) is 0. The number of aromatic nitrogens is 2. The van der Waals surface area contributed by atoms with Gasteiger partial charge in [-0.15, -0.1) is 0 Å². The van der Waals surface area contributed by atoms with E-state index in [1.807, 2.05) is 0 Å². The average Bonchev–Trinajstić information content (AvgIpc) is 2.68. The molecule has 26 heavy (non-hydrogen) atoms. The molecule has 1 fully saturated rings. The Bertz CT molecular complexity index is 741. The van der Waals surface area contributed by atoms with Crippen molar-refractivity contribution in [3.05, 3.63) is 53.0 Å². The van der Waals surface area contributed by atoms with Gasteiger partial charge < -0.3 is 9.64 Å². The molecular formula is C21H28N4O. The molecule has 1 aromatic heterocycles. The summed E-state index contributed by atoms with van der Waals surface area (Å²) >= 11 is 0. The van der Waals surface area contributed by atoms with E-state index in [9.17, 15) is 0 Å². The second-order valence-electron chi connectivity index (χ2n) is 7.53. The summed E-state index contributed by atoms with van der Waals surface area (Å²) in [5.74, 6) is 2.46. The highest BCUT2D eigenvalue weighted by Gasteiger charge is 2.26. The van der Waals surface area contributed by atoms with Gasteiger partial charge in [-0.05, 0) is 5.56 Å². The lowest BCUT2D eigenvalue weighted by Crippen LogP contribution is -2.40. The lowest BCUT2D eigenvalue weighted by atomic mass is 10.0. The van der Waals surface area contributed by atoms with Crippen LogP contribution in [0.2, 0.25) is 0 Å². The van der Waals surface area contributed by atoms with Crippen LogP contribution in [0.1, 0.15) is 42.4 Å². The predicted molar refractivity (Wildman–Crippen MR) is 103 cm³/mol. The van der Waals surface area contributed by atoms with Crippen molar-refractivity contribution in [1.82, 2.24) is 14.9 Å². The van der Waals surface area contributed by atoms with Gasteiger partial charge in [-0.3, -0.25) is 4.90 Å².